The van der Waals surface area contributed by atoms with Gasteiger partial charge in [0.1, 0.15) is 6.10 Å². The Kier molecular flexibility index (Phi) is 4.88. The van der Waals surface area contributed by atoms with Gasteiger partial charge in [-0.3, -0.25) is 10.1 Å². The van der Waals surface area contributed by atoms with E-state index in [0.29, 0.717) is 5.92 Å². The summed E-state index contributed by atoms with van der Waals surface area (Å²) >= 11 is 0. The molecule has 1 aromatic rings. The number of ether oxygens (including phenoxy) is 1. The van der Waals surface area contributed by atoms with E-state index < -0.39 is 22.4 Å². The summed E-state index contributed by atoms with van der Waals surface area (Å²) in [6.45, 7) is 2.11. The summed E-state index contributed by atoms with van der Waals surface area (Å²) in [6.07, 6.45) is 4.69. The first-order valence-electron chi connectivity index (χ1n) is 7.16. The number of carbonyl (C=O) groups is 1. The summed E-state index contributed by atoms with van der Waals surface area (Å²) in [4.78, 5) is 21.9. The average Bonchev–Trinajstić information content (AvgIpc) is 2.47. The Labute approximate surface area is 122 Å². The minimum atomic E-state index is -0.958. The summed E-state index contributed by atoms with van der Waals surface area (Å²) in [5.41, 5.74) is -0.693. The van der Waals surface area contributed by atoms with Crippen LogP contribution < -0.4 is 0 Å². The Morgan fingerprint density at radius 3 is 2.90 bits per heavy atom. The molecule has 0 bridgehead atoms. The first-order valence-corrected chi connectivity index (χ1v) is 7.16. The van der Waals surface area contributed by atoms with Gasteiger partial charge in [-0.25, -0.2) is 4.79 Å². The SMILES string of the molecule is CCC1CCCC(OC(=O)c2ccc(F)c([N+](=O)[O-])c2)C1. The molecule has 1 fully saturated rings. The van der Waals surface area contributed by atoms with Crippen molar-refractivity contribution in [2.75, 3.05) is 0 Å². The largest absolute Gasteiger partial charge is 0.459 e. The molecule has 5 nitrogen and oxygen atoms in total. The van der Waals surface area contributed by atoms with E-state index in [-0.39, 0.29) is 11.7 Å². The number of hydrogen-bond donors (Lipinski definition) is 0. The highest BCUT2D eigenvalue weighted by molar-refractivity contribution is 5.90. The molecule has 0 spiro atoms. The number of rotatable bonds is 4. The number of nitro benzene ring substituents is 1. The highest BCUT2D eigenvalue weighted by atomic mass is 19.1. The number of halogens is 1. The van der Waals surface area contributed by atoms with Crippen LogP contribution in [0.2, 0.25) is 0 Å². The van der Waals surface area contributed by atoms with E-state index in [1.54, 1.807) is 0 Å². The van der Waals surface area contributed by atoms with E-state index in [1.807, 2.05) is 0 Å². The normalized spacial score (nSPS) is 21.8. The van der Waals surface area contributed by atoms with Crippen LogP contribution in [-0.4, -0.2) is 17.0 Å². The first kappa shape index (κ1) is 15.4. The van der Waals surface area contributed by atoms with Crippen LogP contribution >= 0.6 is 0 Å². The van der Waals surface area contributed by atoms with Gasteiger partial charge in [-0.15, -0.1) is 0 Å². The predicted molar refractivity (Wildman–Crippen MR) is 74.5 cm³/mol. The molecule has 1 aliphatic carbocycles. The molecule has 0 N–H and O–H groups in total. The highest BCUT2D eigenvalue weighted by Gasteiger charge is 2.25. The summed E-state index contributed by atoms with van der Waals surface area (Å²) in [5.74, 6) is -1.03. The fraction of sp³-hybridized carbons (Fsp3) is 0.533. The molecule has 1 aliphatic rings. The van der Waals surface area contributed by atoms with Gasteiger partial charge in [-0.1, -0.05) is 19.8 Å². The standard InChI is InChI=1S/C15H18FNO4/c1-2-10-4-3-5-12(8-10)21-15(18)11-6-7-13(16)14(9-11)17(19)20/h6-7,9-10,12H,2-5,8H2,1H3. The van der Waals surface area contributed by atoms with Gasteiger partial charge >= 0.3 is 11.7 Å². The molecule has 0 amide bonds. The second-order valence-electron chi connectivity index (χ2n) is 5.39. The molecular weight excluding hydrogens is 277 g/mol. The molecule has 2 unspecified atom stereocenters. The zero-order valence-electron chi connectivity index (χ0n) is 11.9. The van der Waals surface area contributed by atoms with Crippen molar-refractivity contribution in [1.29, 1.82) is 0 Å². The summed E-state index contributed by atoms with van der Waals surface area (Å²) in [7, 11) is 0. The second-order valence-corrected chi connectivity index (χ2v) is 5.39. The lowest BCUT2D eigenvalue weighted by atomic mass is 9.85. The molecule has 2 rings (SSSR count). The van der Waals surface area contributed by atoms with Gasteiger partial charge in [0.15, 0.2) is 0 Å². The molecule has 1 aromatic carbocycles. The lowest BCUT2D eigenvalue weighted by Gasteiger charge is -2.28. The van der Waals surface area contributed by atoms with Crippen LogP contribution in [0, 0.1) is 21.8 Å². The van der Waals surface area contributed by atoms with Crippen molar-refractivity contribution >= 4 is 11.7 Å². The van der Waals surface area contributed by atoms with Crippen LogP contribution in [0.15, 0.2) is 18.2 Å². The van der Waals surface area contributed by atoms with E-state index in [9.17, 15) is 19.3 Å². The summed E-state index contributed by atoms with van der Waals surface area (Å²) in [6, 6.07) is 3.06. The van der Waals surface area contributed by atoms with E-state index in [0.717, 1.165) is 44.2 Å². The molecule has 2 atom stereocenters. The van der Waals surface area contributed by atoms with Gasteiger partial charge in [0.05, 0.1) is 10.5 Å². The Morgan fingerprint density at radius 1 is 1.48 bits per heavy atom. The monoisotopic (exact) mass is 295 g/mol. The summed E-state index contributed by atoms with van der Waals surface area (Å²) in [5, 5.41) is 10.7. The van der Waals surface area contributed by atoms with Crippen molar-refractivity contribution in [3.8, 4) is 0 Å². The van der Waals surface area contributed by atoms with E-state index in [1.165, 1.54) is 6.07 Å². The molecule has 6 heteroatoms. The van der Waals surface area contributed by atoms with Gasteiger partial charge in [-0.05, 0) is 37.3 Å². The second kappa shape index (κ2) is 6.65. The topological polar surface area (TPSA) is 69.4 Å². The molecule has 0 heterocycles. The Bertz CT molecular complexity index is 546. The Balaban J connectivity index is 2.06. The van der Waals surface area contributed by atoms with Crippen LogP contribution in [0.4, 0.5) is 10.1 Å². The van der Waals surface area contributed by atoms with Gasteiger partial charge in [0, 0.05) is 6.07 Å². The van der Waals surface area contributed by atoms with Crippen molar-refractivity contribution in [2.24, 2.45) is 5.92 Å². The summed E-state index contributed by atoms with van der Waals surface area (Å²) < 4.78 is 18.6. The maximum absolute atomic E-state index is 13.2. The molecular formula is C15H18FNO4. The predicted octanol–water partition coefficient (Wildman–Crippen LogP) is 3.86. The molecule has 1 saturated carbocycles. The Hall–Kier alpha value is -1.98. The quantitative estimate of drug-likeness (QED) is 0.480. The minimum absolute atomic E-state index is 0.0155. The van der Waals surface area contributed by atoms with Crippen molar-refractivity contribution in [3.05, 3.63) is 39.7 Å². The molecule has 0 aromatic heterocycles. The third-order valence-corrected chi connectivity index (χ3v) is 3.96. The number of benzene rings is 1. The first-order chi connectivity index (χ1) is 10.0. The van der Waals surface area contributed by atoms with Gasteiger partial charge < -0.3 is 4.74 Å². The molecule has 21 heavy (non-hydrogen) atoms. The zero-order valence-corrected chi connectivity index (χ0v) is 11.9. The number of carbonyl (C=O) groups excluding carboxylic acids is 1. The minimum Gasteiger partial charge on any atom is -0.459 e. The fourth-order valence-electron chi connectivity index (χ4n) is 2.72. The highest BCUT2D eigenvalue weighted by Crippen LogP contribution is 2.29. The van der Waals surface area contributed by atoms with E-state index in [2.05, 4.69) is 6.92 Å². The average molecular weight is 295 g/mol. The molecule has 0 saturated heterocycles. The van der Waals surface area contributed by atoms with Gasteiger partial charge in [0.2, 0.25) is 5.82 Å². The van der Waals surface area contributed by atoms with Crippen LogP contribution in [0.5, 0.6) is 0 Å². The van der Waals surface area contributed by atoms with Crippen LogP contribution in [0.3, 0.4) is 0 Å². The molecule has 0 radical (unpaired) electrons. The fourth-order valence-corrected chi connectivity index (χ4v) is 2.72. The van der Waals surface area contributed by atoms with Crippen LogP contribution in [0.1, 0.15) is 49.4 Å². The smallest absolute Gasteiger partial charge is 0.338 e. The lowest BCUT2D eigenvalue weighted by molar-refractivity contribution is -0.387. The Morgan fingerprint density at radius 2 is 2.24 bits per heavy atom. The molecule has 0 aliphatic heterocycles. The third kappa shape index (κ3) is 3.77. The van der Waals surface area contributed by atoms with Crippen LogP contribution in [0.25, 0.3) is 0 Å². The number of nitrogens with zero attached hydrogens (tertiary/aromatic N) is 1. The molecule has 114 valence electrons. The maximum Gasteiger partial charge on any atom is 0.338 e. The van der Waals surface area contributed by atoms with Crippen molar-refractivity contribution in [2.45, 2.75) is 45.1 Å². The lowest BCUT2D eigenvalue weighted by Crippen LogP contribution is -2.25. The van der Waals surface area contributed by atoms with E-state index in [4.69, 9.17) is 4.74 Å². The number of hydrogen-bond acceptors (Lipinski definition) is 4. The van der Waals surface area contributed by atoms with Crippen molar-refractivity contribution < 1.29 is 18.8 Å². The maximum atomic E-state index is 13.2. The number of nitro groups is 1. The van der Waals surface area contributed by atoms with Crippen LogP contribution in [-0.2, 0) is 4.74 Å². The van der Waals surface area contributed by atoms with Gasteiger partial charge in [0.25, 0.3) is 0 Å². The van der Waals surface area contributed by atoms with Gasteiger partial charge in [-0.2, -0.15) is 4.39 Å². The van der Waals surface area contributed by atoms with Crippen molar-refractivity contribution in [1.82, 2.24) is 0 Å². The van der Waals surface area contributed by atoms with E-state index >= 15 is 0 Å². The zero-order chi connectivity index (χ0) is 15.4. The third-order valence-electron chi connectivity index (χ3n) is 3.96. The van der Waals surface area contributed by atoms with Crippen molar-refractivity contribution in [3.63, 3.8) is 0 Å². The number of esters is 1.